The molecule has 9 aliphatic heterocycles. The number of nitrogens with one attached hydrogen (secondary N) is 4. The lowest BCUT2D eigenvalue weighted by Crippen LogP contribution is -2.70. The van der Waals surface area contributed by atoms with Gasteiger partial charge in [-0.1, -0.05) is 0 Å². The van der Waals surface area contributed by atoms with E-state index >= 15 is 0 Å². The van der Waals surface area contributed by atoms with Crippen LogP contribution in [0.3, 0.4) is 0 Å². The van der Waals surface area contributed by atoms with Crippen LogP contribution in [0.5, 0.6) is 0 Å². The Morgan fingerprint density at radius 1 is 0.304 bits per heavy atom. The van der Waals surface area contributed by atoms with E-state index in [1.54, 1.807) is 0 Å². The van der Waals surface area contributed by atoms with Crippen LogP contribution in [0.1, 0.15) is 27.7 Å². The van der Waals surface area contributed by atoms with Gasteiger partial charge in [0.15, 0.2) is 56.6 Å². The smallest absolute Gasteiger partial charge is 0.217 e. The van der Waals surface area contributed by atoms with Gasteiger partial charge in [-0.05, 0) is 6.92 Å². The van der Waals surface area contributed by atoms with Crippen molar-refractivity contribution < 1.29 is 232 Å². The van der Waals surface area contributed by atoms with Gasteiger partial charge < -0.3 is 234 Å². The van der Waals surface area contributed by atoms with E-state index in [1.807, 2.05) is 0 Å². The fourth-order valence-corrected chi connectivity index (χ4v) is 14.6. The summed E-state index contributed by atoms with van der Waals surface area (Å²) in [5.74, 6) is -2.82. The molecule has 0 aromatic heterocycles. The summed E-state index contributed by atoms with van der Waals surface area (Å²) in [5.41, 5.74) is 0. The van der Waals surface area contributed by atoms with E-state index in [0.29, 0.717) is 0 Å². The minimum Gasteiger partial charge on any atom is -0.394 e. The standard InChI is InChI=1S/C64H108N4O47/c1-16-32(81)41(90)44(93)60(100-16)115-55-54(114-61-45(94)42(91)34(83)22(7-71)102-61)36(85)24(9-73)104-64(55)111-50-25(10-74)105-56(30(39(50)88)67-18(3)79)99-14-28-37(86)53(113-57-29(66-17(2)78)38(87)33(82)21(6-70)101-57)48(97)63(108-28)109-49-26(11-75)106-58(31(40(49)89)68-19(4)80)112-52-35(84)23(8-72)103-62(47(52)96)110-51-27(12-76)107-59(46(95)43(51)92)98-13-20(5-69)65-15-77/h15-16,20-64,69-76,81-97H,5-14H2,1-4H3,(H,65,77)(H,66,78)(H,67,79)(H,68,80)/t16-,20+,21+,22+,23+,24+,25+,26+,27+,28+,29+,30+,31+,32+,33+,34-,35-,36-,37-,38+,39+,40+,41+,42-,43+,44-,45+,46+,47+,48+,49+,50+,51+,52-,53-,54-,55+,56+,57-,58-,59+,60-,61+,62-,63-,64-/m0/s1. The highest BCUT2D eigenvalue weighted by Gasteiger charge is 2.61. The number of carbonyl (C=O) groups excluding carboxylic acids is 4. The topological polar surface area (TPSA) is 788 Å². The number of aliphatic hydroxyl groups excluding tert-OH is 25. The first-order valence-electron chi connectivity index (χ1n) is 36.7. The van der Waals surface area contributed by atoms with Crippen molar-refractivity contribution >= 4 is 24.1 Å². The van der Waals surface area contributed by atoms with Crippen LogP contribution in [0.25, 0.3) is 0 Å². The molecular formula is C64H108N4O47. The first-order chi connectivity index (χ1) is 54.5. The second-order valence-corrected chi connectivity index (χ2v) is 28.9. The predicted octanol–water partition coefficient (Wildman–Crippen LogP) is -20.0. The van der Waals surface area contributed by atoms with Crippen molar-refractivity contribution in [3.05, 3.63) is 0 Å². The number of amides is 4. The Kier molecular flexibility index (Phi) is 34.9. The molecule has 0 aromatic rings. The summed E-state index contributed by atoms with van der Waals surface area (Å²) in [7, 11) is 0. The average molecular weight is 1690 g/mol. The molecule has 9 fully saturated rings. The molecule has 9 heterocycles. The number of carbonyl (C=O) groups is 4. The zero-order valence-electron chi connectivity index (χ0n) is 61.9. The van der Waals surface area contributed by atoms with Gasteiger partial charge in [0.05, 0.1) is 78.2 Å². The molecule has 51 heteroatoms. The van der Waals surface area contributed by atoms with Crippen molar-refractivity contribution in [2.45, 2.75) is 310 Å². The second-order valence-electron chi connectivity index (χ2n) is 28.9. The van der Waals surface area contributed by atoms with Gasteiger partial charge in [-0.15, -0.1) is 0 Å². The van der Waals surface area contributed by atoms with Gasteiger partial charge in [-0.3, -0.25) is 19.2 Å². The minimum absolute atomic E-state index is 0.249. The Balaban J connectivity index is 0.990. The summed E-state index contributed by atoms with van der Waals surface area (Å²) >= 11 is 0. The fourth-order valence-electron chi connectivity index (χ4n) is 14.6. The van der Waals surface area contributed by atoms with Crippen molar-refractivity contribution in [2.24, 2.45) is 0 Å². The highest BCUT2D eigenvalue weighted by molar-refractivity contribution is 5.74. The lowest BCUT2D eigenvalue weighted by molar-refractivity contribution is -0.403. The molecule has 0 spiro atoms. The van der Waals surface area contributed by atoms with Gasteiger partial charge in [0.1, 0.15) is 213 Å². The Morgan fingerprint density at radius 2 is 0.626 bits per heavy atom. The van der Waals surface area contributed by atoms with Crippen molar-refractivity contribution in [3.63, 3.8) is 0 Å². The monoisotopic (exact) mass is 1680 g/mol. The quantitative estimate of drug-likeness (QED) is 0.0271. The van der Waals surface area contributed by atoms with Gasteiger partial charge in [0.25, 0.3) is 0 Å². The van der Waals surface area contributed by atoms with Crippen LogP contribution in [0.2, 0.25) is 0 Å². The maximum atomic E-state index is 13.2. The second kappa shape index (κ2) is 42.3. The molecule has 0 aliphatic carbocycles. The van der Waals surface area contributed by atoms with E-state index in [2.05, 4.69) is 21.3 Å². The van der Waals surface area contributed by atoms with Crippen LogP contribution in [0, 0.1) is 0 Å². The molecule has 666 valence electrons. The van der Waals surface area contributed by atoms with Crippen LogP contribution >= 0.6 is 0 Å². The zero-order valence-corrected chi connectivity index (χ0v) is 61.9. The molecule has 51 nitrogen and oxygen atoms in total. The number of rotatable bonds is 33. The highest BCUT2D eigenvalue weighted by Crippen LogP contribution is 2.40. The summed E-state index contributed by atoms with van der Waals surface area (Å²) in [6, 6.07) is -6.76. The number of hydrogen-bond acceptors (Lipinski definition) is 47. The van der Waals surface area contributed by atoms with Gasteiger partial charge in [0.2, 0.25) is 24.1 Å². The summed E-state index contributed by atoms with van der Waals surface area (Å²) in [6.45, 7) is -5.79. The van der Waals surface area contributed by atoms with Crippen molar-refractivity contribution in [1.29, 1.82) is 0 Å². The Hall–Kier alpha value is -3.84. The third kappa shape index (κ3) is 21.4. The Labute approximate surface area is 651 Å². The molecule has 0 bridgehead atoms. The molecule has 115 heavy (non-hydrogen) atoms. The molecule has 4 amide bonds. The Morgan fingerprint density at radius 3 is 1.10 bits per heavy atom. The molecule has 0 saturated carbocycles. The summed E-state index contributed by atoms with van der Waals surface area (Å²) in [6.07, 6.45) is -85.3. The highest BCUT2D eigenvalue weighted by atomic mass is 16.8. The van der Waals surface area contributed by atoms with E-state index in [1.165, 1.54) is 6.92 Å². The van der Waals surface area contributed by atoms with Crippen molar-refractivity contribution in [3.8, 4) is 0 Å². The van der Waals surface area contributed by atoms with Crippen LogP contribution in [0.4, 0.5) is 0 Å². The number of ether oxygens (including phenoxy) is 18. The summed E-state index contributed by atoms with van der Waals surface area (Å²) < 4.78 is 106. The van der Waals surface area contributed by atoms with E-state index in [0.717, 1.165) is 20.8 Å². The zero-order chi connectivity index (χ0) is 84.6. The van der Waals surface area contributed by atoms with Gasteiger partial charge in [-0.25, -0.2) is 0 Å². The third-order valence-electron chi connectivity index (χ3n) is 20.9. The SMILES string of the molecule is CC(=O)N[C@H]1[C@H](O[C@H]2[C@@H](O)[C@@H](CO)O[C@@H](O[C@H]3[C@H](O)[C@@H](O)[C@H](OC[C@@H](CO)NC=O)O[C@@H]3CO)[C@@H]2O)O[C@H](CO)[C@@H](O[C@@H]2O[C@H](CO[C@@H]3O[C@H](CO)[C@@H](O[C@@H]4O[C@H](CO)[C@H](O)[C@H](O[C@H]5O[C@H](CO)[C@H](O)[C@H](O)[C@H]5O)[C@H]4O[C@@H]4O[C@@H](C)[C@@H](O)[C@@H](O)[C@@H]4O)[C@H](O)[C@H]3NC(C)=O)[C@H](O)[C@H](O[C@@H]3O[C@H](CO)[C@@H](O)[C@H](O)[C@H]3NC(C)=O)[C@H]2O)[C@@H]1O. The van der Waals surface area contributed by atoms with Gasteiger partial charge in [0, 0.05) is 20.8 Å². The number of aliphatic hydroxyl groups is 25. The van der Waals surface area contributed by atoms with Gasteiger partial charge >= 0.3 is 0 Å². The van der Waals surface area contributed by atoms with Crippen LogP contribution in [-0.4, -0.2) is 500 Å². The largest absolute Gasteiger partial charge is 0.394 e. The van der Waals surface area contributed by atoms with Crippen LogP contribution < -0.4 is 21.3 Å². The lowest BCUT2D eigenvalue weighted by atomic mass is 9.94. The van der Waals surface area contributed by atoms with E-state index in [9.17, 15) is 147 Å². The number of hydrogen-bond donors (Lipinski definition) is 29. The first-order valence-corrected chi connectivity index (χ1v) is 36.7. The molecule has 0 unspecified atom stereocenters. The summed E-state index contributed by atoms with van der Waals surface area (Å²) in [4.78, 5) is 49.9. The molecular weight excluding hydrogens is 1580 g/mol. The minimum atomic E-state index is -2.44. The fraction of sp³-hybridized carbons (Fsp3) is 0.938. The lowest BCUT2D eigenvalue weighted by Gasteiger charge is -2.51. The molecule has 29 N–H and O–H groups in total. The molecule has 0 aromatic carbocycles. The average Bonchev–Trinajstić information content (AvgIpc) is 0.767. The molecule has 46 atom stereocenters. The van der Waals surface area contributed by atoms with Crippen molar-refractivity contribution in [1.82, 2.24) is 21.3 Å². The van der Waals surface area contributed by atoms with E-state index < -0.39 is 366 Å². The Bertz CT molecular complexity index is 3010. The molecule has 0 radical (unpaired) electrons. The van der Waals surface area contributed by atoms with Gasteiger partial charge in [-0.2, -0.15) is 0 Å². The van der Waals surface area contributed by atoms with E-state index in [-0.39, 0.29) is 6.41 Å². The van der Waals surface area contributed by atoms with E-state index in [4.69, 9.17) is 85.3 Å². The van der Waals surface area contributed by atoms with Crippen molar-refractivity contribution in [2.75, 3.05) is 66.1 Å². The maximum Gasteiger partial charge on any atom is 0.217 e. The van der Waals surface area contributed by atoms with Crippen LogP contribution in [-0.2, 0) is 104 Å². The maximum absolute atomic E-state index is 13.2. The first kappa shape index (κ1) is 95.0. The predicted molar refractivity (Wildman–Crippen MR) is 354 cm³/mol. The van der Waals surface area contributed by atoms with Crippen LogP contribution in [0.15, 0.2) is 0 Å². The third-order valence-corrected chi connectivity index (χ3v) is 20.9. The molecule has 9 aliphatic rings. The molecule has 9 rings (SSSR count). The summed E-state index contributed by atoms with van der Waals surface area (Å²) in [5, 5.41) is 287. The molecule has 9 saturated heterocycles. The normalized spacial score (nSPS) is 48.2.